The second kappa shape index (κ2) is 22.1. The molecule has 1 fully saturated rings. The third-order valence-corrected chi connectivity index (χ3v) is 7.33. The summed E-state index contributed by atoms with van der Waals surface area (Å²) in [4.78, 5) is 25.1. The van der Waals surface area contributed by atoms with E-state index in [0.717, 1.165) is 43.0 Å². The lowest BCUT2D eigenvalue weighted by Crippen LogP contribution is -2.40. The van der Waals surface area contributed by atoms with E-state index in [4.69, 9.17) is 10.5 Å². The number of hydrogen-bond acceptors (Lipinski definition) is 6. The van der Waals surface area contributed by atoms with Crippen LogP contribution in [0.15, 0.2) is 60.7 Å². The third kappa shape index (κ3) is 15.0. The lowest BCUT2D eigenvalue weighted by Gasteiger charge is -2.25. The molecule has 212 valence electrons. The third-order valence-electron chi connectivity index (χ3n) is 6.21. The zero-order valence-electron chi connectivity index (χ0n) is 22.8. The molecular formula is C30H44Br2N2O4. The van der Waals surface area contributed by atoms with Crippen molar-refractivity contribution in [3.8, 4) is 0 Å². The molecule has 0 radical (unpaired) electrons. The summed E-state index contributed by atoms with van der Waals surface area (Å²) >= 11 is 6.66. The molecule has 0 bridgehead atoms. The summed E-state index contributed by atoms with van der Waals surface area (Å²) in [6.07, 6.45) is 8.15. The summed E-state index contributed by atoms with van der Waals surface area (Å²) in [5, 5.41) is 2.28. The highest BCUT2D eigenvalue weighted by Gasteiger charge is 2.28. The molecule has 2 N–H and O–H groups in total. The van der Waals surface area contributed by atoms with E-state index < -0.39 is 6.04 Å². The molecule has 0 amide bonds. The molecule has 1 aliphatic rings. The predicted octanol–water partition coefficient (Wildman–Crippen LogP) is 5.93. The van der Waals surface area contributed by atoms with Gasteiger partial charge in [0.1, 0.15) is 12.1 Å². The van der Waals surface area contributed by atoms with Crippen LogP contribution in [0.1, 0.15) is 49.7 Å². The molecule has 38 heavy (non-hydrogen) atoms. The molecule has 2 atom stereocenters. The first-order valence-corrected chi connectivity index (χ1v) is 15.6. The van der Waals surface area contributed by atoms with E-state index in [1.54, 1.807) is 0 Å². The first kappa shape index (κ1) is 34.3. The van der Waals surface area contributed by atoms with Crippen molar-refractivity contribution in [3.05, 3.63) is 71.8 Å². The van der Waals surface area contributed by atoms with Crippen molar-refractivity contribution in [2.75, 3.05) is 38.0 Å². The van der Waals surface area contributed by atoms with Crippen LogP contribution in [-0.4, -0.2) is 66.9 Å². The fraction of sp³-hybridized carbons (Fsp3) is 0.533. The Morgan fingerprint density at radius 2 is 1.24 bits per heavy atom. The van der Waals surface area contributed by atoms with Crippen LogP contribution in [0.5, 0.6) is 0 Å². The fourth-order valence-corrected chi connectivity index (χ4v) is 4.80. The van der Waals surface area contributed by atoms with Crippen LogP contribution in [0.4, 0.5) is 0 Å². The summed E-state index contributed by atoms with van der Waals surface area (Å²) in [7, 11) is 2.83. The Hall–Kier alpha value is -1.74. The average molecular weight is 657 g/mol. The van der Waals surface area contributed by atoms with Crippen molar-refractivity contribution < 1.29 is 19.1 Å². The van der Waals surface area contributed by atoms with Crippen LogP contribution in [0, 0.1) is 0 Å². The van der Waals surface area contributed by atoms with E-state index in [0.29, 0.717) is 6.42 Å². The standard InChI is InChI=1S/C15H21NO2.C11H15NO2.C4H8Br2/c1-18-15(17)14(16-11-5-6-12-16)10-9-13-7-3-2-4-8-13;1-14-11(13)10(12)8-7-9-5-3-2-4-6-9;5-3-1-2-4-6/h2-4,7-8,14H,5-6,9-12H2,1H3;2-6,10H,7-8,12H2,1H3;1-4H2/t14-;10-;/m11./s1. The number of rotatable bonds is 12. The minimum Gasteiger partial charge on any atom is -0.468 e. The highest BCUT2D eigenvalue weighted by atomic mass is 79.9. The Morgan fingerprint density at radius 1 is 0.789 bits per heavy atom. The fourth-order valence-electron chi connectivity index (χ4n) is 4.01. The normalized spacial score (nSPS) is 14.2. The molecule has 1 heterocycles. The van der Waals surface area contributed by atoms with Crippen LogP contribution < -0.4 is 5.73 Å². The van der Waals surface area contributed by atoms with E-state index in [9.17, 15) is 9.59 Å². The number of nitrogens with zero attached hydrogens (tertiary/aromatic N) is 1. The topological polar surface area (TPSA) is 81.9 Å². The first-order valence-electron chi connectivity index (χ1n) is 13.3. The minimum absolute atomic E-state index is 0.0716. The number of ether oxygens (including phenoxy) is 2. The molecule has 0 unspecified atom stereocenters. The van der Waals surface area contributed by atoms with Gasteiger partial charge in [-0.25, -0.2) is 0 Å². The lowest BCUT2D eigenvalue weighted by atomic mass is 10.0. The van der Waals surface area contributed by atoms with Crippen molar-refractivity contribution in [1.29, 1.82) is 0 Å². The van der Waals surface area contributed by atoms with E-state index >= 15 is 0 Å². The molecule has 0 spiro atoms. The molecular weight excluding hydrogens is 612 g/mol. The highest BCUT2D eigenvalue weighted by Crippen LogP contribution is 2.17. The minimum atomic E-state index is -0.514. The van der Waals surface area contributed by atoms with Gasteiger partial charge in [-0.15, -0.1) is 0 Å². The van der Waals surface area contributed by atoms with Crippen molar-refractivity contribution in [2.45, 2.75) is 63.5 Å². The van der Waals surface area contributed by atoms with Crippen LogP contribution in [0.3, 0.4) is 0 Å². The number of likely N-dealkylation sites (tertiary alicyclic amines) is 1. The van der Waals surface area contributed by atoms with E-state index in [1.165, 1.54) is 51.0 Å². The molecule has 2 aromatic rings. The maximum Gasteiger partial charge on any atom is 0.323 e. The van der Waals surface area contributed by atoms with Gasteiger partial charge in [-0.2, -0.15) is 0 Å². The van der Waals surface area contributed by atoms with Crippen LogP contribution in [0.25, 0.3) is 0 Å². The van der Waals surface area contributed by atoms with Crippen molar-refractivity contribution in [2.24, 2.45) is 5.73 Å². The van der Waals surface area contributed by atoms with Gasteiger partial charge in [-0.05, 0) is 75.6 Å². The molecule has 0 saturated carbocycles. The molecule has 3 rings (SSSR count). The van der Waals surface area contributed by atoms with Gasteiger partial charge >= 0.3 is 11.9 Å². The number of alkyl halides is 2. The smallest absolute Gasteiger partial charge is 0.323 e. The Bertz CT molecular complexity index is 861. The molecule has 1 aliphatic heterocycles. The zero-order valence-corrected chi connectivity index (χ0v) is 26.0. The van der Waals surface area contributed by atoms with Gasteiger partial charge in [-0.3, -0.25) is 14.5 Å². The van der Waals surface area contributed by atoms with Crippen molar-refractivity contribution in [3.63, 3.8) is 0 Å². The number of hydrogen-bond donors (Lipinski definition) is 1. The molecule has 0 aromatic heterocycles. The zero-order chi connectivity index (χ0) is 28.0. The average Bonchev–Trinajstić information content (AvgIpc) is 3.50. The summed E-state index contributed by atoms with van der Waals surface area (Å²) in [5.74, 6) is -0.436. The monoisotopic (exact) mass is 654 g/mol. The number of unbranched alkanes of at least 4 members (excludes halogenated alkanes) is 1. The van der Waals surface area contributed by atoms with Gasteiger partial charge in [0.05, 0.1) is 14.2 Å². The van der Waals surface area contributed by atoms with Gasteiger partial charge in [0.15, 0.2) is 0 Å². The maximum absolute atomic E-state index is 11.9. The van der Waals surface area contributed by atoms with Crippen LogP contribution >= 0.6 is 31.9 Å². The number of aryl methyl sites for hydroxylation is 2. The van der Waals surface area contributed by atoms with E-state index in [2.05, 4.69) is 53.6 Å². The van der Waals surface area contributed by atoms with Gasteiger partial charge in [-0.1, -0.05) is 92.5 Å². The summed E-state index contributed by atoms with van der Waals surface area (Å²) < 4.78 is 9.47. The number of carbonyl (C=O) groups excluding carboxylic acids is 2. The molecule has 8 heteroatoms. The van der Waals surface area contributed by atoms with E-state index in [-0.39, 0.29) is 18.0 Å². The molecule has 1 saturated heterocycles. The van der Waals surface area contributed by atoms with Gasteiger partial charge in [0.25, 0.3) is 0 Å². The lowest BCUT2D eigenvalue weighted by molar-refractivity contribution is -0.147. The second-order valence-corrected chi connectivity index (χ2v) is 10.6. The Morgan fingerprint density at radius 3 is 1.66 bits per heavy atom. The molecule has 2 aromatic carbocycles. The Labute approximate surface area is 245 Å². The number of carbonyl (C=O) groups is 2. The molecule has 0 aliphatic carbocycles. The van der Waals surface area contributed by atoms with Gasteiger partial charge < -0.3 is 15.2 Å². The molecule has 6 nitrogen and oxygen atoms in total. The number of methoxy groups -OCH3 is 2. The summed E-state index contributed by atoms with van der Waals surface area (Å²) in [6.45, 7) is 2.04. The SMILES string of the molecule is BrCCCCBr.COC(=O)[C@@H](CCc1ccccc1)N1CCCC1.COC(=O)[C@H](N)CCc1ccccc1. The Balaban J connectivity index is 0.000000321. The van der Waals surface area contributed by atoms with Gasteiger partial charge in [0.2, 0.25) is 0 Å². The summed E-state index contributed by atoms with van der Waals surface area (Å²) in [5.41, 5.74) is 8.07. The van der Waals surface area contributed by atoms with Crippen LogP contribution in [0.2, 0.25) is 0 Å². The number of esters is 2. The number of halogens is 2. The van der Waals surface area contributed by atoms with Crippen molar-refractivity contribution in [1.82, 2.24) is 4.90 Å². The second-order valence-electron chi connectivity index (χ2n) is 9.05. The number of benzene rings is 2. The van der Waals surface area contributed by atoms with E-state index in [1.807, 2.05) is 48.5 Å². The first-order chi connectivity index (χ1) is 18.5. The maximum atomic E-state index is 11.9. The Kier molecular flexibility index (Phi) is 20.0. The largest absolute Gasteiger partial charge is 0.468 e. The van der Waals surface area contributed by atoms with Crippen LogP contribution in [-0.2, 0) is 31.9 Å². The predicted molar refractivity (Wildman–Crippen MR) is 163 cm³/mol. The van der Waals surface area contributed by atoms with Gasteiger partial charge in [0, 0.05) is 10.7 Å². The highest BCUT2D eigenvalue weighted by molar-refractivity contribution is 9.09. The number of nitrogens with two attached hydrogens (primary N) is 1. The van der Waals surface area contributed by atoms with Crippen molar-refractivity contribution >= 4 is 43.8 Å². The quantitative estimate of drug-likeness (QED) is 0.173. The summed E-state index contributed by atoms with van der Waals surface area (Å²) in [6, 6.07) is 19.7.